The molecule has 0 saturated heterocycles. The zero-order chi connectivity index (χ0) is 19.3. The number of nitrogens with zero attached hydrogens (tertiary/aromatic N) is 1. The van der Waals surface area contributed by atoms with Crippen LogP contribution in [0.25, 0.3) is 0 Å². The Morgan fingerprint density at radius 2 is 1.92 bits per heavy atom. The van der Waals surface area contributed by atoms with Gasteiger partial charge in [0.05, 0.1) is 30.8 Å². The summed E-state index contributed by atoms with van der Waals surface area (Å²) in [4.78, 5) is 37.2. The van der Waals surface area contributed by atoms with Gasteiger partial charge in [0.1, 0.15) is 17.1 Å². The number of furan rings is 1. The lowest BCUT2D eigenvalue weighted by atomic mass is 10.2. The van der Waals surface area contributed by atoms with Crippen LogP contribution in [0.4, 0.5) is 0 Å². The maximum absolute atomic E-state index is 12.2. The molecule has 8 heteroatoms. The van der Waals surface area contributed by atoms with E-state index in [9.17, 15) is 14.4 Å². The highest BCUT2D eigenvalue weighted by Gasteiger charge is 2.18. The number of esters is 1. The number of aryl methyl sites for hydroxylation is 1. The quantitative estimate of drug-likeness (QED) is 0.780. The van der Waals surface area contributed by atoms with E-state index in [-0.39, 0.29) is 19.0 Å². The second kappa shape index (κ2) is 8.53. The fourth-order valence-corrected chi connectivity index (χ4v) is 2.51. The van der Waals surface area contributed by atoms with Gasteiger partial charge < -0.3 is 19.4 Å². The van der Waals surface area contributed by atoms with Crippen molar-refractivity contribution >= 4 is 29.4 Å². The van der Waals surface area contributed by atoms with E-state index < -0.39 is 11.9 Å². The van der Waals surface area contributed by atoms with Crippen LogP contribution in [-0.4, -0.2) is 43.4 Å². The molecule has 1 N–H and O–H groups in total. The molecule has 2 amide bonds. The minimum atomic E-state index is -0.501. The third kappa shape index (κ3) is 4.64. The second-order valence-corrected chi connectivity index (χ2v) is 5.99. The first-order valence-corrected chi connectivity index (χ1v) is 8.15. The first-order chi connectivity index (χ1) is 12.3. The van der Waals surface area contributed by atoms with Gasteiger partial charge in [-0.2, -0.15) is 0 Å². The van der Waals surface area contributed by atoms with E-state index in [0.29, 0.717) is 27.7 Å². The van der Waals surface area contributed by atoms with Crippen LogP contribution in [0.3, 0.4) is 0 Å². The smallest absolute Gasteiger partial charge is 0.341 e. The molecule has 0 atom stereocenters. The van der Waals surface area contributed by atoms with Crippen LogP contribution in [0, 0.1) is 6.92 Å². The summed E-state index contributed by atoms with van der Waals surface area (Å²) in [5.74, 6) is -0.396. The molecule has 0 fully saturated rings. The number of hydrogen-bond donors (Lipinski definition) is 1. The molecule has 0 saturated carbocycles. The topological polar surface area (TPSA) is 88.9 Å². The second-order valence-electron chi connectivity index (χ2n) is 5.59. The highest BCUT2D eigenvalue weighted by atomic mass is 35.5. The minimum Gasteiger partial charge on any atom is -0.465 e. The Hall–Kier alpha value is -2.80. The number of halogens is 1. The van der Waals surface area contributed by atoms with Gasteiger partial charge >= 0.3 is 5.97 Å². The number of hydrogen-bond acceptors (Lipinski definition) is 5. The molecule has 138 valence electrons. The molecular weight excluding hydrogens is 360 g/mol. The SMILES string of the molecule is COC(=O)c1cc(CN(C)C(=O)CNC(=O)c2ccccc2Cl)oc1C. The van der Waals surface area contributed by atoms with E-state index in [1.165, 1.54) is 18.1 Å². The number of likely N-dealkylation sites (N-methyl/N-ethyl adjacent to an activating group) is 1. The van der Waals surface area contributed by atoms with Crippen LogP contribution >= 0.6 is 11.6 Å². The number of methoxy groups -OCH3 is 1. The van der Waals surface area contributed by atoms with Crippen molar-refractivity contribution in [3.63, 3.8) is 0 Å². The van der Waals surface area contributed by atoms with Gasteiger partial charge in [0.25, 0.3) is 5.91 Å². The van der Waals surface area contributed by atoms with Crippen LogP contribution in [0.2, 0.25) is 5.02 Å². The predicted octanol–water partition coefficient (Wildman–Crippen LogP) is 2.42. The molecule has 0 spiro atoms. The van der Waals surface area contributed by atoms with E-state index in [0.717, 1.165) is 0 Å². The molecule has 26 heavy (non-hydrogen) atoms. The van der Waals surface area contributed by atoms with E-state index in [1.54, 1.807) is 38.2 Å². The van der Waals surface area contributed by atoms with Crippen molar-refractivity contribution in [2.45, 2.75) is 13.5 Å². The van der Waals surface area contributed by atoms with Gasteiger partial charge in [-0.3, -0.25) is 9.59 Å². The summed E-state index contributed by atoms with van der Waals surface area (Å²) in [6.45, 7) is 1.60. The van der Waals surface area contributed by atoms with Crippen LogP contribution in [-0.2, 0) is 16.1 Å². The largest absolute Gasteiger partial charge is 0.465 e. The number of carbonyl (C=O) groups excluding carboxylic acids is 3. The van der Waals surface area contributed by atoms with E-state index >= 15 is 0 Å². The summed E-state index contributed by atoms with van der Waals surface area (Å²) in [7, 11) is 2.85. The first kappa shape index (κ1) is 19.5. The van der Waals surface area contributed by atoms with Crippen molar-refractivity contribution in [3.05, 3.63) is 58.0 Å². The Kier molecular flexibility index (Phi) is 6.41. The summed E-state index contributed by atoms with van der Waals surface area (Å²) in [6.07, 6.45) is 0. The third-order valence-electron chi connectivity index (χ3n) is 3.71. The molecule has 0 radical (unpaired) electrons. The Bertz CT molecular complexity index is 831. The van der Waals surface area contributed by atoms with Crippen LogP contribution < -0.4 is 5.32 Å². The molecule has 0 aliphatic rings. The summed E-state index contributed by atoms with van der Waals surface area (Å²) in [5.41, 5.74) is 0.615. The zero-order valence-electron chi connectivity index (χ0n) is 14.7. The predicted molar refractivity (Wildman–Crippen MR) is 95.0 cm³/mol. The fraction of sp³-hybridized carbons (Fsp3) is 0.278. The monoisotopic (exact) mass is 378 g/mol. The number of ether oxygens (including phenoxy) is 1. The lowest BCUT2D eigenvalue weighted by molar-refractivity contribution is -0.129. The van der Waals surface area contributed by atoms with Gasteiger partial charge in [0.2, 0.25) is 5.91 Å². The van der Waals surface area contributed by atoms with Crippen LogP contribution in [0.5, 0.6) is 0 Å². The Morgan fingerprint density at radius 1 is 1.23 bits per heavy atom. The van der Waals surface area contributed by atoms with Gasteiger partial charge in [0, 0.05) is 7.05 Å². The molecule has 2 rings (SSSR count). The zero-order valence-corrected chi connectivity index (χ0v) is 15.4. The number of rotatable bonds is 6. The maximum atomic E-state index is 12.2. The van der Waals surface area contributed by atoms with Gasteiger partial charge in [-0.1, -0.05) is 23.7 Å². The molecule has 1 aromatic heterocycles. The van der Waals surface area contributed by atoms with Crippen molar-refractivity contribution in [2.75, 3.05) is 20.7 Å². The maximum Gasteiger partial charge on any atom is 0.341 e. The summed E-state index contributed by atoms with van der Waals surface area (Å²) < 4.78 is 10.1. The molecule has 0 unspecified atom stereocenters. The highest BCUT2D eigenvalue weighted by Crippen LogP contribution is 2.17. The molecule has 1 heterocycles. The van der Waals surface area contributed by atoms with Crippen LogP contribution in [0.15, 0.2) is 34.7 Å². The molecule has 0 aliphatic carbocycles. The number of nitrogens with one attached hydrogen (secondary N) is 1. The third-order valence-corrected chi connectivity index (χ3v) is 4.04. The summed E-state index contributed by atoms with van der Waals surface area (Å²) >= 11 is 5.95. The minimum absolute atomic E-state index is 0.151. The number of amides is 2. The fourth-order valence-electron chi connectivity index (χ4n) is 2.29. The van der Waals surface area contributed by atoms with Crippen molar-refractivity contribution in [3.8, 4) is 0 Å². The first-order valence-electron chi connectivity index (χ1n) is 7.77. The van der Waals surface area contributed by atoms with Gasteiger partial charge in [-0.15, -0.1) is 0 Å². The van der Waals surface area contributed by atoms with Gasteiger partial charge in [-0.25, -0.2) is 4.79 Å². The molecular formula is C18H19ClN2O5. The standard InChI is InChI=1S/C18H19ClN2O5/c1-11-14(18(24)25-3)8-12(26-11)10-21(2)16(22)9-20-17(23)13-6-4-5-7-15(13)19/h4-8H,9-10H2,1-3H3,(H,20,23). The van der Waals surface area contributed by atoms with Crippen molar-refractivity contribution < 1.29 is 23.5 Å². The lowest BCUT2D eigenvalue weighted by Gasteiger charge is -2.16. The summed E-state index contributed by atoms with van der Waals surface area (Å²) in [6, 6.07) is 8.11. The number of benzene rings is 1. The average molecular weight is 379 g/mol. The van der Waals surface area contributed by atoms with Gasteiger partial charge in [0.15, 0.2) is 0 Å². The Balaban J connectivity index is 1.93. The Morgan fingerprint density at radius 3 is 2.58 bits per heavy atom. The van der Waals surface area contributed by atoms with E-state index in [4.69, 9.17) is 16.0 Å². The average Bonchev–Trinajstić information content (AvgIpc) is 2.99. The number of carbonyl (C=O) groups is 3. The van der Waals surface area contributed by atoms with E-state index in [1.807, 2.05) is 0 Å². The summed E-state index contributed by atoms with van der Waals surface area (Å²) in [5, 5.41) is 2.84. The van der Waals surface area contributed by atoms with Crippen LogP contribution in [0.1, 0.15) is 32.2 Å². The molecule has 1 aromatic carbocycles. The molecule has 2 aromatic rings. The molecule has 7 nitrogen and oxygen atoms in total. The normalized spacial score (nSPS) is 10.3. The van der Waals surface area contributed by atoms with Crippen molar-refractivity contribution in [2.24, 2.45) is 0 Å². The van der Waals surface area contributed by atoms with Crippen molar-refractivity contribution in [1.29, 1.82) is 0 Å². The molecule has 0 bridgehead atoms. The lowest BCUT2D eigenvalue weighted by Crippen LogP contribution is -2.37. The molecule has 0 aliphatic heterocycles. The van der Waals surface area contributed by atoms with Gasteiger partial charge in [-0.05, 0) is 25.1 Å². The Labute approximate surface area is 155 Å². The van der Waals surface area contributed by atoms with Crippen molar-refractivity contribution in [1.82, 2.24) is 10.2 Å². The van der Waals surface area contributed by atoms with E-state index in [2.05, 4.69) is 10.1 Å². The highest BCUT2D eigenvalue weighted by molar-refractivity contribution is 6.33.